The summed E-state index contributed by atoms with van der Waals surface area (Å²) in [5.74, 6) is -0.599. The Labute approximate surface area is 212 Å². The molecule has 4 aliphatic heterocycles. The van der Waals surface area contributed by atoms with Gasteiger partial charge in [0.2, 0.25) is 11.8 Å². The Morgan fingerprint density at radius 3 is 2.68 bits per heavy atom. The van der Waals surface area contributed by atoms with Crippen LogP contribution in [0.15, 0.2) is 48.7 Å². The average molecular weight is 497 g/mol. The molecule has 1 saturated heterocycles. The highest BCUT2D eigenvalue weighted by molar-refractivity contribution is 6.05. The zero-order chi connectivity index (χ0) is 25.3. The number of hydrogen-bond acceptors (Lipinski definition) is 6. The molecule has 3 aromatic rings. The lowest BCUT2D eigenvalue weighted by molar-refractivity contribution is -0.136. The second-order valence-corrected chi connectivity index (χ2v) is 10.2. The van der Waals surface area contributed by atoms with Crippen molar-refractivity contribution in [1.29, 1.82) is 0 Å². The molecule has 8 rings (SSSR count). The Balaban J connectivity index is 1.11. The summed E-state index contributed by atoms with van der Waals surface area (Å²) in [4.78, 5) is 53.6. The molecule has 37 heavy (non-hydrogen) atoms. The Kier molecular flexibility index (Phi) is 4.79. The van der Waals surface area contributed by atoms with E-state index in [2.05, 4.69) is 33.8 Å². The number of fused-ring (bicyclic) bond motifs is 2. The number of benzene rings is 2. The highest BCUT2D eigenvalue weighted by atomic mass is 16.2. The van der Waals surface area contributed by atoms with Crippen molar-refractivity contribution < 1.29 is 19.2 Å². The molecule has 1 aromatic heterocycles. The minimum absolute atomic E-state index is 0.133. The lowest BCUT2D eigenvalue weighted by Gasteiger charge is -2.39. The van der Waals surface area contributed by atoms with E-state index in [9.17, 15) is 19.2 Å². The number of nitrogens with one attached hydrogen (secondary N) is 1. The summed E-state index contributed by atoms with van der Waals surface area (Å²) >= 11 is 0. The van der Waals surface area contributed by atoms with E-state index in [4.69, 9.17) is 0 Å². The monoisotopic (exact) mass is 496 g/mol. The van der Waals surface area contributed by atoms with Gasteiger partial charge in [0.15, 0.2) is 5.69 Å². The topological polar surface area (TPSA) is 118 Å². The second-order valence-electron chi connectivity index (χ2n) is 10.2. The van der Waals surface area contributed by atoms with Gasteiger partial charge in [0.25, 0.3) is 11.8 Å². The van der Waals surface area contributed by atoms with Crippen LogP contribution in [0.25, 0.3) is 5.69 Å². The summed E-state index contributed by atoms with van der Waals surface area (Å²) in [5.41, 5.74) is 4.78. The molecule has 5 heterocycles. The molecule has 186 valence electrons. The van der Waals surface area contributed by atoms with Gasteiger partial charge in [-0.3, -0.25) is 24.5 Å². The molecule has 5 aliphatic rings. The van der Waals surface area contributed by atoms with E-state index in [1.54, 1.807) is 23.0 Å². The van der Waals surface area contributed by atoms with Crippen molar-refractivity contribution in [2.45, 2.75) is 56.8 Å². The second kappa shape index (κ2) is 8.09. The summed E-state index contributed by atoms with van der Waals surface area (Å²) < 4.78 is 1.54. The largest absolute Gasteiger partial charge is 0.330 e. The van der Waals surface area contributed by atoms with E-state index in [0.29, 0.717) is 30.1 Å². The molecular weight excluding hydrogens is 472 g/mol. The fourth-order valence-electron chi connectivity index (χ4n) is 6.06. The maximum atomic E-state index is 13.4. The zero-order valence-corrected chi connectivity index (χ0v) is 20.0. The Morgan fingerprint density at radius 1 is 1.00 bits per heavy atom. The van der Waals surface area contributed by atoms with Crippen molar-refractivity contribution in [3.05, 3.63) is 76.6 Å². The van der Waals surface area contributed by atoms with Crippen LogP contribution in [-0.4, -0.2) is 60.5 Å². The molecule has 1 aliphatic carbocycles. The van der Waals surface area contributed by atoms with Crippen LogP contribution >= 0.6 is 0 Å². The lowest BCUT2D eigenvalue weighted by Crippen LogP contribution is -2.52. The predicted octanol–water partition coefficient (Wildman–Crippen LogP) is 1.93. The van der Waals surface area contributed by atoms with E-state index < -0.39 is 11.9 Å². The minimum Gasteiger partial charge on any atom is -0.330 e. The molecule has 1 atom stereocenters. The van der Waals surface area contributed by atoms with Gasteiger partial charge in [0.1, 0.15) is 6.04 Å². The van der Waals surface area contributed by atoms with Gasteiger partial charge >= 0.3 is 0 Å². The van der Waals surface area contributed by atoms with E-state index >= 15 is 0 Å². The van der Waals surface area contributed by atoms with Crippen LogP contribution in [-0.2, 0) is 22.7 Å². The number of imide groups is 1. The molecule has 1 N–H and O–H groups in total. The van der Waals surface area contributed by atoms with E-state index in [1.807, 2.05) is 17.0 Å². The van der Waals surface area contributed by atoms with Crippen molar-refractivity contribution in [1.82, 2.24) is 30.1 Å². The van der Waals surface area contributed by atoms with Crippen LogP contribution < -0.4 is 5.32 Å². The Morgan fingerprint density at radius 2 is 1.84 bits per heavy atom. The molecule has 0 radical (unpaired) electrons. The van der Waals surface area contributed by atoms with Crippen molar-refractivity contribution in [2.75, 3.05) is 0 Å². The lowest BCUT2D eigenvalue weighted by atomic mass is 9.76. The van der Waals surface area contributed by atoms with Crippen molar-refractivity contribution in [2.24, 2.45) is 0 Å². The van der Waals surface area contributed by atoms with E-state index in [-0.39, 0.29) is 42.4 Å². The predicted molar refractivity (Wildman–Crippen MR) is 129 cm³/mol. The van der Waals surface area contributed by atoms with Crippen LogP contribution in [0.3, 0.4) is 0 Å². The van der Waals surface area contributed by atoms with Crippen LogP contribution in [0.1, 0.15) is 69.1 Å². The molecule has 1 unspecified atom stereocenters. The summed E-state index contributed by atoms with van der Waals surface area (Å²) in [5, 5.41) is 10.7. The molecule has 10 nitrogen and oxygen atoms in total. The smallest absolute Gasteiger partial charge is 0.276 e. The van der Waals surface area contributed by atoms with Gasteiger partial charge in [-0.05, 0) is 60.1 Å². The maximum Gasteiger partial charge on any atom is 0.276 e. The number of aromatic nitrogens is 3. The van der Waals surface area contributed by atoms with Crippen LogP contribution in [0, 0.1) is 0 Å². The van der Waals surface area contributed by atoms with Crippen molar-refractivity contribution in [3.63, 3.8) is 0 Å². The fraction of sp³-hybridized carbons (Fsp3) is 0.333. The number of nitrogens with zero attached hydrogens (tertiary/aromatic N) is 5. The number of rotatable bonds is 3. The molecule has 0 spiro atoms. The van der Waals surface area contributed by atoms with Gasteiger partial charge < -0.3 is 9.80 Å². The van der Waals surface area contributed by atoms with Gasteiger partial charge in [-0.2, -0.15) is 0 Å². The summed E-state index contributed by atoms with van der Waals surface area (Å²) in [6.45, 7) is 0.838. The molecule has 2 fully saturated rings. The number of hydrogen-bond donors (Lipinski definition) is 1. The highest BCUT2D eigenvalue weighted by Crippen LogP contribution is 2.45. The number of piperidine rings is 1. The average Bonchev–Trinajstić information content (AvgIpc) is 3.39. The quantitative estimate of drug-likeness (QED) is 0.554. The van der Waals surface area contributed by atoms with Gasteiger partial charge in [-0.25, -0.2) is 4.68 Å². The number of amides is 4. The summed E-state index contributed by atoms with van der Waals surface area (Å²) in [7, 11) is 0. The van der Waals surface area contributed by atoms with Crippen molar-refractivity contribution >= 4 is 23.6 Å². The SMILES string of the molecule is O=C1CCC(N2Cc3cc(-n4cc(C(=O)N5Cc6ccccc6C6CC5C6)nn4)ccc3C2=O)C(=O)N1. The summed E-state index contributed by atoms with van der Waals surface area (Å²) in [6, 6.07) is 13.2. The third-order valence-corrected chi connectivity index (χ3v) is 8.13. The molecule has 1 saturated carbocycles. The van der Waals surface area contributed by atoms with Gasteiger partial charge in [0.05, 0.1) is 11.9 Å². The molecule has 2 bridgehead atoms. The van der Waals surface area contributed by atoms with Crippen molar-refractivity contribution in [3.8, 4) is 5.69 Å². The standard InChI is InChI=1S/C27H24N6O4/c34-24-8-7-23(25(35)28-24)32-13-17-11-18(5-6-21(17)26(32)36)33-14-22(29-30-33)27(37)31-12-15-3-1-2-4-20(15)16-9-19(31)10-16/h1-6,11,14,16,19,23H,7-10,12-13H2,(H,28,34,35). The van der Waals surface area contributed by atoms with Crippen LogP contribution in [0.4, 0.5) is 0 Å². The highest BCUT2D eigenvalue weighted by Gasteiger charge is 2.42. The van der Waals surface area contributed by atoms with Crippen LogP contribution in [0.5, 0.6) is 0 Å². The molecule has 4 amide bonds. The van der Waals surface area contributed by atoms with Crippen LogP contribution in [0.2, 0.25) is 0 Å². The Bertz CT molecular complexity index is 1490. The first-order valence-electron chi connectivity index (χ1n) is 12.6. The third kappa shape index (κ3) is 3.46. The third-order valence-electron chi connectivity index (χ3n) is 8.13. The van der Waals surface area contributed by atoms with Gasteiger partial charge in [-0.15, -0.1) is 5.10 Å². The number of carbonyl (C=O) groups is 4. The molecule has 10 heteroatoms. The van der Waals surface area contributed by atoms with Gasteiger partial charge in [0, 0.05) is 31.1 Å². The first-order valence-corrected chi connectivity index (χ1v) is 12.6. The summed E-state index contributed by atoms with van der Waals surface area (Å²) in [6.07, 6.45) is 4.10. The van der Waals surface area contributed by atoms with Gasteiger partial charge in [-0.1, -0.05) is 29.5 Å². The molecule has 2 aromatic carbocycles. The number of carbonyl (C=O) groups excluding carboxylic acids is 4. The first kappa shape index (κ1) is 21.9. The van der Waals surface area contributed by atoms with E-state index in [0.717, 1.165) is 18.4 Å². The maximum absolute atomic E-state index is 13.4. The molecular formula is C27H24N6O4. The normalized spacial score (nSPS) is 24.2. The Hall–Kier alpha value is -4.34. The minimum atomic E-state index is -0.665. The fourth-order valence-corrected chi connectivity index (χ4v) is 6.06. The first-order chi connectivity index (χ1) is 18.0. The zero-order valence-electron chi connectivity index (χ0n) is 20.0. The van der Waals surface area contributed by atoms with E-state index in [1.165, 1.54) is 16.0 Å².